The summed E-state index contributed by atoms with van der Waals surface area (Å²) in [6.07, 6.45) is -4.40. The number of hydrogen-bond donors (Lipinski definition) is 1. The van der Waals surface area contributed by atoms with E-state index in [1.807, 2.05) is 0 Å². The molecule has 26 heavy (non-hydrogen) atoms. The lowest BCUT2D eigenvalue weighted by molar-refractivity contribution is -0.176. The first-order valence-corrected chi connectivity index (χ1v) is 7.65. The smallest absolute Gasteiger partial charge is 0.367 e. The number of nitrogens with one attached hydrogen (secondary N) is 1. The molecule has 0 saturated heterocycles. The number of ether oxygens (including phenoxy) is 1. The van der Waals surface area contributed by atoms with Crippen LogP contribution in [0, 0.1) is 11.6 Å². The van der Waals surface area contributed by atoms with E-state index < -0.39 is 36.4 Å². The molecule has 2 rings (SSSR count). The molecule has 0 aliphatic carbocycles. The van der Waals surface area contributed by atoms with Crippen molar-refractivity contribution < 1.29 is 31.5 Å². The Morgan fingerprint density at radius 1 is 1.12 bits per heavy atom. The van der Waals surface area contributed by atoms with Gasteiger partial charge in [-0.3, -0.25) is 4.79 Å². The van der Waals surface area contributed by atoms with Gasteiger partial charge in [-0.05, 0) is 30.7 Å². The van der Waals surface area contributed by atoms with E-state index in [1.54, 1.807) is 6.92 Å². The second-order valence-corrected chi connectivity index (χ2v) is 5.67. The highest BCUT2D eigenvalue weighted by Gasteiger charge is 2.27. The predicted octanol–water partition coefficient (Wildman–Crippen LogP) is 4.53. The largest absolute Gasteiger partial charge is 0.411 e. The number of hydrogen-bond acceptors (Lipinski definition) is 2. The van der Waals surface area contributed by atoms with Gasteiger partial charge in [0.2, 0.25) is 0 Å². The summed E-state index contributed by atoms with van der Waals surface area (Å²) in [5.74, 6) is -1.98. The molecule has 8 heteroatoms. The van der Waals surface area contributed by atoms with Crippen LogP contribution in [-0.4, -0.2) is 18.7 Å². The number of rotatable bonds is 6. The Morgan fingerprint density at radius 3 is 2.35 bits per heavy atom. The van der Waals surface area contributed by atoms with Crippen LogP contribution in [0.2, 0.25) is 0 Å². The predicted molar refractivity (Wildman–Crippen MR) is 84.4 cm³/mol. The third kappa shape index (κ3) is 5.80. The average Bonchev–Trinajstić information content (AvgIpc) is 2.54. The maximum Gasteiger partial charge on any atom is 0.411 e. The van der Waals surface area contributed by atoms with Gasteiger partial charge in [0.15, 0.2) is 0 Å². The van der Waals surface area contributed by atoms with Gasteiger partial charge in [-0.2, -0.15) is 13.2 Å². The van der Waals surface area contributed by atoms with Crippen LogP contribution in [0.5, 0.6) is 0 Å². The Bertz CT molecular complexity index is 759. The van der Waals surface area contributed by atoms with Gasteiger partial charge in [-0.15, -0.1) is 0 Å². The maximum atomic E-state index is 13.7. The van der Waals surface area contributed by atoms with Crippen molar-refractivity contribution in [2.75, 3.05) is 6.61 Å². The monoisotopic (exact) mass is 373 g/mol. The van der Waals surface area contributed by atoms with E-state index in [4.69, 9.17) is 0 Å². The summed E-state index contributed by atoms with van der Waals surface area (Å²) in [5, 5.41) is 2.57. The zero-order valence-electron chi connectivity index (χ0n) is 13.7. The van der Waals surface area contributed by atoms with E-state index in [0.717, 1.165) is 12.1 Å². The average molecular weight is 373 g/mol. The second-order valence-electron chi connectivity index (χ2n) is 5.67. The number of amides is 1. The molecule has 0 aliphatic heterocycles. The first kappa shape index (κ1) is 19.8. The van der Waals surface area contributed by atoms with Crippen molar-refractivity contribution in [2.45, 2.75) is 25.7 Å². The number of carbonyl (C=O) groups excluding carboxylic acids is 1. The fraction of sp³-hybridized carbons (Fsp3) is 0.278. The van der Waals surface area contributed by atoms with E-state index in [0.29, 0.717) is 5.56 Å². The van der Waals surface area contributed by atoms with Crippen LogP contribution in [-0.2, 0) is 11.3 Å². The van der Waals surface area contributed by atoms with E-state index in [2.05, 4.69) is 10.1 Å². The molecule has 0 heterocycles. The fourth-order valence-corrected chi connectivity index (χ4v) is 2.25. The van der Waals surface area contributed by atoms with Crippen LogP contribution in [0.1, 0.15) is 34.5 Å². The normalized spacial score (nSPS) is 12.7. The molecule has 2 aromatic rings. The van der Waals surface area contributed by atoms with Gasteiger partial charge in [-0.1, -0.05) is 18.2 Å². The molecule has 0 bridgehead atoms. The quantitative estimate of drug-likeness (QED) is 0.756. The van der Waals surface area contributed by atoms with Crippen LogP contribution in [0.4, 0.5) is 22.0 Å². The fourth-order valence-electron chi connectivity index (χ4n) is 2.25. The van der Waals surface area contributed by atoms with Crippen molar-refractivity contribution in [1.82, 2.24) is 5.32 Å². The number of halogens is 5. The molecule has 1 amide bonds. The Labute approximate surface area is 146 Å². The second kappa shape index (κ2) is 8.27. The molecule has 1 atom stereocenters. The summed E-state index contributed by atoms with van der Waals surface area (Å²) in [5.41, 5.74) is 0.860. The van der Waals surface area contributed by atoms with E-state index >= 15 is 0 Å². The SMILES string of the molecule is CC(NC(=O)c1ccc(COCC(F)(F)F)cc1)c1ccc(F)cc1F. The molecule has 2 aromatic carbocycles. The molecule has 1 unspecified atom stereocenters. The van der Waals surface area contributed by atoms with Crippen molar-refractivity contribution in [2.24, 2.45) is 0 Å². The van der Waals surface area contributed by atoms with Gasteiger partial charge in [0.1, 0.15) is 18.2 Å². The highest BCUT2D eigenvalue weighted by molar-refractivity contribution is 5.94. The Balaban J connectivity index is 1.95. The summed E-state index contributed by atoms with van der Waals surface area (Å²) >= 11 is 0. The highest BCUT2D eigenvalue weighted by atomic mass is 19.4. The summed E-state index contributed by atoms with van der Waals surface area (Å²) < 4.78 is 67.2. The summed E-state index contributed by atoms with van der Waals surface area (Å²) in [6.45, 7) is -0.0395. The topological polar surface area (TPSA) is 38.3 Å². The van der Waals surface area contributed by atoms with Crippen molar-refractivity contribution in [3.8, 4) is 0 Å². The van der Waals surface area contributed by atoms with Crippen LogP contribution in [0.15, 0.2) is 42.5 Å². The molecular formula is C18H16F5NO2. The molecule has 0 saturated carbocycles. The lowest BCUT2D eigenvalue weighted by atomic mass is 10.1. The lowest BCUT2D eigenvalue weighted by Gasteiger charge is -2.15. The summed E-state index contributed by atoms with van der Waals surface area (Å²) in [6, 6.07) is 8.16. The Morgan fingerprint density at radius 2 is 1.77 bits per heavy atom. The molecular weight excluding hydrogens is 357 g/mol. The van der Waals surface area contributed by atoms with Gasteiger partial charge in [-0.25, -0.2) is 8.78 Å². The third-order valence-corrected chi connectivity index (χ3v) is 3.53. The third-order valence-electron chi connectivity index (χ3n) is 3.53. The number of carbonyl (C=O) groups is 1. The Hall–Kier alpha value is -2.48. The molecule has 3 nitrogen and oxygen atoms in total. The Kier molecular flexibility index (Phi) is 6.31. The minimum atomic E-state index is -4.40. The van der Waals surface area contributed by atoms with E-state index in [1.165, 1.54) is 30.3 Å². The van der Waals surface area contributed by atoms with Crippen LogP contribution in [0.25, 0.3) is 0 Å². The zero-order chi connectivity index (χ0) is 19.3. The van der Waals surface area contributed by atoms with E-state index in [9.17, 15) is 26.7 Å². The summed E-state index contributed by atoms with van der Waals surface area (Å²) in [4.78, 5) is 12.2. The van der Waals surface area contributed by atoms with Gasteiger partial charge >= 0.3 is 6.18 Å². The molecule has 0 aromatic heterocycles. The molecule has 0 radical (unpaired) electrons. The summed E-state index contributed by atoms with van der Waals surface area (Å²) in [7, 11) is 0. The highest BCUT2D eigenvalue weighted by Crippen LogP contribution is 2.19. The van der Waals surface area contributed by atoms with Crippen molar-refractivity contribution >= 4 is 5.91 Å². The van der Waals surface area contributed by atoms with Crippen LogP contribution >= 0.6 is 0 Å². The van der Waals surface area contributed by atoms with Gasteiger partial charge < -0.3 is 10.1 Å². The van der Waals surface area contributed by atoms with Crippen LogP contribution < -0.4 is 5.32 Å². The minimum Gasteiger partial charge on any atom is -0.367 e. The van der Waals surface area contributed by atoms with Gasteiger partial charge in [0.05, 0.1) is 12.6 Å². The number of benzene rings is 2. The van der Waals surface area contributed by atoms with Crippen molar-refractivity contribution in [1.29, 1.82) is 0 Å². The van der Waals surface area contributed by atoms with Crippen molar-refractivity contribution in [3.05, 3.63) is 70.8 Å². The minimum absolute atomic E-state index is 0.136. The van der Waals surface area contributed by atoms with Crippen LogP contribution in [0.3, 0.4) is 0 Å². The first-order valence-electron chi connectivity index (χ1n) is 7.65. The lowest BCUT2D eigenvalue weighted by Crippen LogP contribution is -2.27. The maximum absolute atomic E-state index is 13.7. The van der Waals surface area contributed by atoms with Gasteiger partial charge in [0.25, 0.3) is 5.91 Å². The molecule has 140 valence electrons. The number of alkyl halides is 3. The molecule has 1 N–H and O–H groups in total. The zero-order valence-corrected chi connectivity index (χ0v) is 13.7. The molecule has 0 fully saturated rings. The van der Waals surface area contributed by atoms with Crippen molar-refractivity contribution in [3.63, 3.8) is 0 Å². The molecule has 0 spiro atoms. The first-order chi connectivity index (χ1) is 12.2. The van der Waals surface area contributed by atoms with E-state index in [-0.39, 0.29) is 17.7 Å². The van der Waals surface area contributed by atoms with Gasteiger partial charge in [0, 0.05) is 17.2 Å². The standard InChI is InChI=1S/C18H16F5NO2/c1-11(15-7-6-14(19)8-16(15)20)24-17(25)13-4-2-12(3-5-13)9-26-10-18(21,22)23/h2-8,11H,9-10H2,1H3,(H,24,25). The molecule has 0 aliphatic rings.